The summed E-state index contributed by atoms with van der Waals surface area (Å²) in [7, 11) is 1.37. The van der Waals surface area contributed by atoms with Crippen LogP contribution < -0.4 is 10.5 Å². The molecular formula is C19H21ClN2O3. The summed E-state index contributed by atoms with van der Waals surface area (Å²) in [5.41, 5.74) is 9.44. The molecule has 3 N–H and O–H groups in total. The van der Waals surface area contributed by atoms with Crippen LogP contribution in [0, 0.1) is 0 Å². The molecular weight excluding hydrogens is 340 g/mol. The molecule has 0 aliphatic rings. The first kappa shape index (κ1) is 18.8. The summed E-state index contributed by atoms with van der Waals surface area (Å²) in [5.74, 6) is 0.463. The number of carbonyl (C=O) groups is 1. The van der Waals surface area contributed by atoms with Crippen molar-refractivity contribution in [1.29, 1.82) is 0 Å². The van der Waals surface area contributed by atoms with Gasteiger partial charge >= 0.3 is 5.97 Å². The predicted molar refractivity (Wildman–Crippen MR) is 100 cm³/mol. The fourth-order valence-electron chi connectivity index (χ4n) is 2.63. The predicted octanol–water partition coefficient (Wildman–Crippen LogP) is 3.46. The first-order valence-electron chi connectivity index (χ1n) is 7.81. The highest BCUT2D eigenvalue weighted by Gasteiger charge is 2.06. The zero-order valence-electron chi connectivity index (χ0n) is 14.0. The quantitative estimate of drug-likeness (QED) is 0.660. The van der Waals surface area contributed by atoms with Crippen LogP contribution in [0.4, 0.5) is 0 Å². The van der Waals surface area contributed by atoms with E-state index in [1.54, 1.807) is 12.1 Å². The van der Waals surface area contributed by atoms with E-state index in [2.05, 4.69) is 9.72 Å². The van der Waals surface area contributed by atoms with Crippen molar-refractivity contribution in [2.24, 2.45) is 5.73 Å². The van der Waals surface area contributed by atoms with E-state index in [1.807, 2.05) is 36.5 Å². The molecule has 3 aromatic rings. The Balaban J connectivity index is 0.00000225. The van der Waals surface area contributed by atoms with E-state index in [0.29, 0.717) is 18.7 Å². The second kappa shape index (κ2) is 8.55. The highest BCUT2D eigenvalue weighted by molar-refractivity contribution is 5.89. The summed E-state index contributed by atoms with van der Waals surface area (Å²) in [6.45, 7) is 1.05. The molecule has 0 aliphatic carbocycles. The van der Waals surface area contributed by atoms with Gasteiger partial charge in [-0.3, -0.25) is 0 Å². The third-order valence-corrected chi connectivity index (χ3v) is 3.93. The highest BCUT2D eigenvalue weighted by atomic mass is 35.5. The number of esters is 1. The van der Waals surface area contributed by atoms with Crippen molar-refractivity contribution in [2.45, 2.75) is 13.0 Å². The molecule has 6 heteroatoms. The van der Waals surface area contributed by atoms with Gasteiger partial charge in [-0.05, 0) is 54.4 Å². The van der Waals surface area contributed by atoms with Crippen LogP contribution in [0.15, 0.2) is 48.7 Å². The minimum atomic E-state index is -0.340. The molecule has 1 heterocycles. The van der Waals surface area contributed by atoms with Crippen LogP contribution in [0.1, 0.15) is 21.5 Å². The van der Waals surface area contributed by atoms with Crippen LogP contribution in [0.3, 0.4) is 0 Å². The second-order valence-corrected chi connectivity index (χ2v) is 5.54. The molecule has 0 amide bonds. The van der Waals surface area contributed by atoms with E-state index in [9.17, 15) is 4.79 Å². The number of methoxy groups -OCH3 is 1. The number of carbonyl (C=O) groups excluding carboxylic acids is 1. The third kappa shape index (κ3) is 4.32. The number of halogens is 1. The summed E-state index contributed by atoms with van der Waals surface area (Å²) in [4.78, 5) is 14.7. The maximum absolute atomic E-state index is 11.4. The summed E-state index contributed by atoms with van der Waals surface area (Å²) in [5, 5.41) is 1.14. The first-order valence-corrected chi connectivity index (χ1v) is 7.81. The number of hydrogen-bond donors (Lipinski definition) is 2. The molecule has 0 radical (unpaired) electrons. The molecule has 0 unspecified atom stereocenters. The number of benzene rings is 2. The van der Waals surface area contributed by atoms with Gasteiger partial charge in [-0.25, -0.2) is 4.79 Å². The number of fused-ring (bicyclic) bond motifs is 1. The van der Waals surface area contributed by atoms with Crippen LogP contribution >= 0.6 is 12.4 Å². The molecule has 132 valence electrons. The number of rotatable bonds is 6. The van der Waals surface area contributed by atoms with Crippen LogP contribution in [-0.4, -0.2) is 24.6 Å². The Hall–Kier alpha value is -2.50. The van der Waals surface area contributed by atoms with Gasteiger partial charge in [0.15, 0.2) is 0 Å². The molecule has 0 atom stereocenters. The average Bonchev–Trinajstić information content (AvgIpc) is 3.02. The summed E-state index contributed by atoms with van der Waals surface area (Å²) in [6.07, 6.45) is 2.82. The van der Waals surface area contributed by atoms with E-state index < -0.39 is 0 Å². The second-order valence-electron chi connectivity index (χ2n) is 5.54. The van der Waals surface area contributed by atoms with Crippen molar-refractivity contribution >= 4 is 29.3 Å². The molecule has 25 heavy (non-hydrogen) atoms. The van der Waals surface area contributed by atoms with E-state index in [-0.39, 0.29) is 18.4 Å². The minimum absolute atomic E-state index is 0. The van der Waals surface area contributed by atoms with Crippen molar-refractivity contribution < 1.29 is 14.3 Å². The van der Waals surface area contributed by atoms with Gasteiger partial charge < -0.3 is 20.2 Å². The van der Waals surface area contributed by atoms with Gasteiger partial charge in [0, 0.05) is 17.1 Å². The van der Waals surface area contributed by atoms with E-state index in [1.165, 1.54) is 12.7 Å². The van der Waals surface area contributed by atoms with Gasteiger partial charge in [0.2, 0.25) is 0 Å². The molecule has 5 nitrogen and oxygen atoms in total. The standard InChI is InChI=1S/C19H20N2O3.ClH/c1-23-19(22)14-4-2-13(3-5-14)12-24-16-6-7-18-17(10-16)15(8-9-20)11-21-18;/h2-7,10-11,21H,8-9,12,20H2,1H3;1H. The Morgan fingerprint density at radius 1 is 1.16 bits per heavy atom. The SMILES string of the molecule is COC(=O)c1ccc(COc2ccc3[nH]cc(CCN)c3c2)cc1.Cl. The molecule has 3 rings (SSSR count). The number of nitrogens with one attached hydrogen (secondary N) is 1. The Bertz CT molecular complexity index is 844. The van der Waals surface area contributed by atoms with Crippen LogP contribution in [-0.2, 0) is 17.8 Å². The van der Waals surface area contributed by atoms with Gasteiger partial charge in [-0.1, -0.05) is 12.1 Å². The number of ether oxygens (including phenoxy) is 2. The maximum Gasteiger partial charge on any atom is 0.337 e. The number of nitrogens with two attached hydrogens (primary N) is 1. The van der Waals surface area contributed by atoms with Gasteiger partial charge in [0.1, 0.15) is 12.4 Å². The van der Waals surface area contributed by atoms with Crippen LogP contribution in [0.5, 0.6) is 5.75 Å². The number of H-pyrrole nitrogens is 1. The Labute approximate surface area is 152 Å². The number of aromatic nitrogens is 1. The molecule has 0 aliphatic heterocycles. The maximum atomic E-state index is 11.4. The lowest BCUT2D eigenvalue weighted by Gasteiger charge is -2.08. The lowest BCUT2D eigenvalue weighted by Crippen LogP contribution is -2.02. The van der Waals surface area contributed by atoms with Crippen LogP contribution in [0.2, 0.25) is 0 Å². The van der Waals surface area contributed by atoms with Crippen molar-refractivity contribution in [3.8, 4) is 5.75 Å². The lowest BCUT2D eigenvalue weighted by molar-refractivity contribution is 0.0600. The third-order valence-electron chi connectivity index (χ3n) is 3.93. The Kier molecular flexibility index (Phi) is 6.44. The fraction of sp³-hybridized carbons (Fsp3) is 0.211. The number of hydrogen-bond acceptors (Lipinski definition) is 4. The van der Waals surface area contributed by atoms with Crippen molar-refractivity contribution in [2.75, 3.05) is 13.7 Å². The van der Waals surface area contributed by atoms with E-state index >= 15 is 0 Å². The van der Waals surface area contributed by atoms with Crippen molar-refractivity contribution in [1.82, 2.24) is 4.98 Å². The minimum Gasteiger partial charge on any atom is -0.489 e. The van der Waals surface area contributed by atoms with Crippen LogP contribution in [0.25, 0.3) is 10.9 Å². The Morgan fingerprint density at radius 3 is 2.60 bits per heavy atom. The largest absolute Gasteiger partial charge is 0.489 e. The molecule has 0 saturated carbocycles. The fourth-order valence-corrected chi connectivity index (χ4v) is 2.63. The van der Waals surface area contributed by atoms with Gasteiger partial charge in [0.05, 0.1) is 12.7 Å². The average molecular weight is 361 g/mol. The first-order chi connectivity index (χ1) is 11.7. The van der Waals surface area contributed by atoms with E-state index in [0.717, 1.165) is 28.6 Å². The monoisotopic (exact) mass is 360 g/mol. The van der Waals surface area contributed by atoms with Crippen molar-refractivity contribution in [3.63, 3.8) is 0 Å². The summed E-state index contributed by atoms with van der Waals surface area (Å²) >= 11 is 0. The van der Waals surface area contributed by atoms with Gasteiger partial charge in [-0.15, -0.1) is 12.4 Å². The van der Waals surface area contributed by atoms with Gasteiger partial charge in [-0.2, -0.15) is 0 Å². The Morgan fingerprint density at radius 2 is 1.92 bits per heavy atom. The van der Waals surface area contributed by atoms with Crippen molar-refractivity contribution in [3.05, 3.63) is 65.4 Å². The number of aromatic amines is 1. The normalized spacial score (nSPS) is 10.3. The topological polar surface area (TPSA) is 77.3 Å². The zero-order chi connectivity index (χ0) is 16.9. The van der Waals surface area contributed by atoms with E-state index in [4.69, 9.17) is 10.5 Å². The summed E-state index contributed by atoms with van der Waals surface area (Å²) < 4.78 is 10.6. The van der Waals surface area contributed by atoms with Gasteiger partial charge in [0.25, 0.3) is 0 Å². The molecule has 0 bridgehead atoms. The molecule has 2 aromatic carbocycles. The highest BCUT2D eigenvalue weighted by Crippen LogP contribution is 2.24. The molecule has 1 aromatic heterocycles. The lowest BCUT2D eigenvalue weighted by atomic mass is 10.1. The molecule has 0 saturated heterocycles. The zero-order valence-corrected chi connectivity index (χ0v) is 14.8. The smallest absolute Gasteiger partial charge is 0.337 e. The molecule has 0 fully saturated rings. The molecule has 0 spiro atoms. The summed E-state index contributed by atoms with van der Waals surface area (Å²) in [6, 6.07) is 13.2.